The molecule has 37 heavy (non-hydrogen) atoms. The van der Waals surface area contributed by atoms with E-state index in [1.54, 1.807) is 30.3 Å². The van der Waals surface area contributed by atoms with Crippen molar-refractivity contribution in [2.45, 2.75) is 26.2 Å². The Bertz CT molecular complexity index is 1220. The number of hydrogen-bond donors (Lipinski definition) is 1. The van der Waals surface area contributed by atoms with Gasteiger partial charge in [0.25, 0.3) is 11.8 Å². The lowest BCUT2D eigenvalue weighted by atomic mass is 9.99. The summed E-state index contributed by atoms with van der Waals surface area (Å²) in [5.74, 6) is 0.883. The fourth-order valence-electron chi connectivity index (χ4n) is 4.24. The van der Waals surface area contributed by atoms with Crippen LogP contribution < -0.4 is 15.0 Å². The Morgan fingerprint density at radius 2 is 1.62 bits per heavy atom. The fraction of sp³-hybridized carbons (Fsp3) is 0.310. The molecular formula is C29H31Cl2N3O3. The van der Waals surface area contributed by atoms with E-state index >= 15 is 0 Å². The number of amides is 2. The zero-order valence-electron chi connectivity index (χ0n) is 21.0. The first-order valence-electron chi connectivity index (χ1n) is 12.5. The second kappa shape index (κ2) is 12.3. The molecule has 3 aromatic rings. The number of carbonyl (C=O) groups excluding carboxylic acids is 2. The molecule has 1 fully saturated rings. The molecule has 1 heterocycles. The highest BCUT2D eigenvalue weighted by Crippen LogP contribution is 2.30. The van der Waals surface area contributed by atoms with Gasteiger partial charge < -0.3 is 19.9 Å². The largest absolute Gasteiger partial charge is 0.484 e. The van der Waals surface area contributed by atoms with Gasteiger partial charge in [-0.15, -0.1) is 0 Å². The SMILES string of the molecule is CC[C@H](C)c1ccc(OCC(=O)Nc2ccc(N3CCN(C(=O)c4ccc(Cl)cc4)CC3)c(Cl)c2)cc1. The van der Waals surface area contributed by atoms with Crippen LogP contribution in [0.3, 0.4) is 0 Å². The first kappa shape index (κ1) is 26.8. The Kier molecular flexibility index (Phi) is 8.95. The van der Waals surface area contributed by atoms with E-state index in [4.69, 9.17) is 27.9 Å². The van der Waals surface area contributed by atoms with Gasteiger partial charge in [-0.2, -0.15) is 0 Å². The van der Waals surface area contributed by atoms with Crippen LogP contribution in [0.25, 0.3) is 0 Å². The van der Waals surface area contributed by atoms with Crippen molar-refractivity contribution in [1.29, 1.82) is 0 Å². The summed E-state index contributed by atoms with van der Waals surface area (Å²) in [7, 11) is 0. The molecule has 1 atom stereocenters. The lowest BCUT2D eigenvalue weighted by molar-refractivity contribution is -0.118. The van der Waals surface area contributed by atoms with Gasteiger partial charge in [0.1, 0.15) is 5.75 Å². The molecule has 3 aromatic carbocycles. The molecular weight excluding hydrogens is 509 g/mol. The number of nitrogens with zero attached hydrogens (tertiary/aromatic N) is 2. The standard InChI is InChI=1S/C29H31Cl2N3O3/c1-3-20(2)21-6-11-25(12-7-21)37-19-28(35)32-24-10-13-27(26(31)18-24)33-14-16-34(17-15-33)29(36)22-4-8-23(30)9-5-22/h4-13,18,20H,3,14-17,19H2,1-2H3,(H,32,35)/t20-/m0/s1. The van der Waals surface area contributed by atoms with E-state index in [9.17, 15) is 9.59 Å². The van der Waals surface area contributed by atoms with Crippen molar-refractivity contribution in [3.8, 4) is 5.75 Å². The summed E-state index contributed by atoms with van der Waals surface area (Å²) in [6, 6.07) is 20.2. The predicted molar refractivity (Wildman–Crippen MR) is 150 cm³/mol. The van der Waals surface area contributed by atoms with E-state index in [2.05, 4.69) is 24.1 Å². The van der Waals surface area contributed by atoms with Gasteiger partial charge in [-0.05, 0) is 72.5 Å². The molecule has 6 nitrogen and oxygen atoms in total. The molecule has 1 saturated heterocycles. The Labute approximate surface area is 228 Å². The van der Waals surface area contributed by atoms with Crippen LogP contribution in [0.1, 0.15) is 42.1 Å². The molecule has 2 amide bonds. The monoisotopic (exact) mass is 539 g/mol. The van der Waals surface area contributed by atoms with Gasteiger partial charge in [0.15, 0.2) is 6.61 Å². The van der Waals surface area contributed by atoms with Gasteiger partial charge in [-0.1, -0.05) is 49.2 Å². The van der Waals surface area contributed by atoms with Gasteiger partial charge in [0.05, 0.1) is 10.7 Å². The molecule has 1 aliphatic heterocycles. The van der Waals surface area contributed by atoms with E-state index < -0.39 is 0 Å². The van der Waals surface area contributed by atoms with Crippen molar-refractivity contribution in [2.24, 2.45) is 0 Å². The van der Waals surface area contributed by atoms with Crippen LogP contribution in [-0.2, 0) is 4.79 Å². The van der Waals surface area contributed by atoms with E-state index in [0.29, 0.717) is 59.1 Å². The number of anilines is 2. The Morgan fingerprint density at radius 1 is 0.946 bits per heavy atom. The number of hydrogen-bond acceptors (Lipinski definition) is 4. The van der Waals surface area contributed by atoms with E-state index in [0.717, 1.165) is 12.1 Å². The quantitative estimate of drug-likeness (QED) is 0.355. The smallest absolute Gasteiger partial charge is 0.262 e. The van der Waals surface area contributed by atoms with E-state index in [1.165, 1.54) is 5.56 Å². The van der Waals surface area contributed by atoms with Crippen molar-refractivity contribution in [3.05, 3.63) is 87.9 Å². The number of piperazine rings is 1. The van der Waals surface area contributed by atoms with Crippen molar-refractivity contribution in [2.75, 3.05) is 43.0 Å². The number of halogens is 2. The predicted octanol–water partition coefficient (Wildman–Crippen LogP) is 6.49. The van der Waals surface area contributed by atoms with Gasteiger partial charge in [-0.3, -0.25) is 9.59 Å². The van der Waals surface area contributed by atoms with Crippen molar-refractivity contribution in [3.63, 3.8) is 0 Å². The van der Waals surface area contributed by atoms with Crippen molar-refractivity contribution < 1.29 is 14.3 Å². The Hall–Kier alpha value is -3.22. The molecule has 194 valence electrons. The van der Waals surface area contributed by atoms with E-state index in [1.807, 2.05) is 41.3 Å². The minimum Gasteiger partial charge on any atom is -0.484 e. The topological polar surface area (TPSA) is 61.9 Å². The van der Waals surface area contributed by atoms with Crippen LogP contribution in [0.5, 0.6) is 5.75 Å². The zero-order chi connectivity index (χ0) is 26.4. The normalized spacial score (nSPS) is 14.3. The van der Waals surface area contributed by atoms with Crippen LogP contribution in [0.15, 0.2) is 66.7 Å². The average molecular weight is 540 g/mol. The van der Waals surface area contributed by atoms with Crippen molar-refractivity contribution >= 4 is 46.4 Å². The van der Waals surface area contributed by atoms with Crippen LogP contribution >= 0.6 is 23.2 Å². The molecule has 0 spiro atoms. The third kappa shape index (κ3) is 6.96. The summed E-state index contributed by atoms with van der Waals surface area (Å²) >= 11 is 12.5. The van der Waals surface area contributed by atoms with Crippen molar-refractivity contribution in [1.82, 2.24) is 4.90 Å². The van der Waals surface area contributed by atoms with Crippen LogP contribution in [0.2, 0.25) is 10.0 Å². The first-order valence-corrected chi connectivity index (χ1v) is 13.2. The molecule has 8 heteroatoms. The maximum absolute atomic E-state index is 12.8. The summed E-state index contributed by atoms with van der Waals surface area (Å²) in [5, 5.41) is 3.98. The summed E-state index contributed by atoms with van der Waals surface area (Å²) in [6.07, 6.45) is 1.07. The molecule has 0 aromatic heterocycles. The van der Waals surface area contributed by atoms with Crippen LogP contribution in [-0.4, -0.2) is 49.5 Å². The van der Waals surface area contributed by atoms with Gasteiger partial charge in [0, 0.05) is 42.5 Å². The Balaban J connectivity index is 1.27. The minimum atomic E-state index is -0.260. The second-order valence-corrected chi connectivity index (χ2v) is 10.0. The molecule has 0 unspecified atom stereocenters. The molecule has 0 aliphatic carbocycles. The minimum absolute atomic E-state index is 0.00541. The van der Waals surface area contributed by atoms with Gasteiger partial charge in [-0.25, -0.2) is 0 Å². The maximum atomic E-state index is 12.8. The third-order valence-corrected chi connectivity index (χ3v) is 7.22. The van der Waals surface area contributed by atoms with Crippen LogP contribution in [0, 0.1) is 0 Å². The fourth-order valence-corrected chi connectivity index (χ4v) is 4.67. The van der Waals surface area contributed by atoms with Gasteiger partial charge in [0.2, 0.25) is 0 Å². The Morgan fingerprint density at radius 3 is 2.24 bits per heavy atom. The highest BCUT2D eigenvalue weighted by Gasteiger charge is 2.23. The summed E-state index contributed by atoms with van der Waals surface area (Å²) in [6.45, 7) is 6.75. The molecule has 0 bridgehead atoms. The number of ether oxygens (including phenoxy) is 1. The molecule has 1 N–H and O–H groups in total. The third-order valence-electron chi connectivity index (χ3n) is 6.66. The average Bonchev–Trinajstić information content (AvgIpc) is 2.92. The highest BCUT2D eigenvalue weighted by atomic mass is 35.5. The lowest BCUT2D eigenvalue weighted by Gasteiger charge is -2.36. The zero-order valence-corrected chi connectivity index (χ0v) is 22.6. The van der Waals surface area contributed by atoms with Crippen LogP contribution in [0.4, 0.5) is 11.4 Å². The van der Waals surface area contributed by atoms with E-state index in [-0.39, 0.29) is 18.4 Å². The molecule has 0 radical (unpaired) electrons. The molecule has 1 aliphatic rings. The summed E-state index contributed by atoms with van der Waals surface area (Å²) in [4.78, 5) is 29.1. The number of carbonyl (C=O) groups is 2. The lowest BCUT2D eigenvalue weighted by Crippen LogP contribution is -2.48. The maximum Gasteiger partial charge on any atom is 0.262 e. The highest BCUT2D eigenvalue weighted by molar-refractivity contribution is 6.33. The molecule has 0 saturated carbocycles. The van der Waals surface area contributed by atoms with Gasteiger partial charge >= 0.3 is 0 Å². The summed E-state index contributed by atoms with van der Waals surface area (Å²) < 4.78 is 5.63. The molecule has 4 rings (SSSR count). The number of nitrogens with one attached hydrogen (secondary N) is 1. The second-order valence-electron chi connectivity index (χ2n) is 9.17. The number of rotatable bonds is 8. The number of benzene rings is 3. The first-order chi connectivity index (χ1) is 17.8. The summed E-state index contributed by atoms with van der Waals surface area (Å²) in [5.41, 5.74) is 3.36.